The van der Waals surface area contributed by atoms with E-state index >= 15 is 0 Å². The molecule has 1 aromatic heterocycles. The molecule has 2 aromatic carbocycles. The van der Waals surface area contributed by atoms with Crippen LogP contribution in [0.2, 0.25) is 0 Å². The molecule has 1 heterocycles. The van der Waals surface area contributed by atoms with Crippen LogP contribution in [0.25, 0.3) is 10.9 Å². The zero-order chi connectivity index (χ0) is 19.8. The molecule has 1 amide bonds. The number of aromatic nitrogens is 2. The van der Waals surface area contributed by atoms with Gasteiger partial charge in [0.25, 0.3) is 11.5 Å². The number of carbonyl (C=O) groups excluding carboxylic acids is 1. The van der Waals surface area contributed by atoms with Gasteiger partial charge in [0.15, 0.2) is 4.77 Å². The summed E-state index contributed by atoms with van der Waals surface area (Å²) < 4.78 is 6.92. The largest absolute Gasteiger partial charge is 0.497 e. The van der Waals surface area contributed by atoms with Gasteiger partial charge < -0.3 is 14.6 Å². The molecule has 0 unspecified atom stereocenters. The van der Waals surface area contributed by atoms with Crippen LogP contribution >= 0.6 is 12.2 Å². The summed E-state index contributed by atoms with van der Waals surface area (Å²) >= 11 is 5.19. The fraction of sp³-hybridized carbons (Fsp3) is 0.286. The molecule has 3 aromatic rings. The Morgan fingerprint density at radius 3 is 2.61 bits per heavy atom. The van der Waals surface area contributed by atoms with E-state index in [1.165, 1.54) is 4.57 Å². The van der Waals surface area contributed by atoms with E-state index in [-0.39, 0.29) is 17.5 Å². The van der Waals surface area contributed by atoms with E-state index < -0.39 is 0 Å². The third kappa shape index (κ3) is 3.45. The maximum absolute atomic E-state index is 13.2. The van der Waals surface area contributed by atoms with Crippen molar-refractivity contribution in [2.45, 2.75) is 25.4 Å². The number of ether oxygens (including phenoxy) is 1. The molecule has 6 nitrogen and oxygen atoms in total. The van der Waals surface area contributed by atoms with E-state index in [9.17, 15) is 9.59 Å². The third-order valence-electron chi connectivity index (χ3n) is 5.11. The Balaban J connectivity index is 1.66. The Hall–Kier alpha value is -2.93. The van der Waals surface area contributed by atoms with E-state index in [1.807, 2.05) is 29.2 Å². The average molecular weight is 395 g/mol. The van der Waals surface area contributed by atoms with Crippen LogP contribution in [0.5, 0.6) is 5.75 Å². The van der Waals surface area contributed by atoms with Gasteiger partial charge in [-0.25, -0.2) is 0 Å². The van der Waals surface area contributed by atoms with Crippen molar-refractivity contribution < 1.29 is 9.53 Å². The summed E-state index contributed by atoms with van der Waals surface area (Å²) in [7, 11) is 3.26. The number of methoxy groups -OCH3 is 1. The lowest BCUT2D eigenvalue weighted by atomic mass is 10.1. The molecule has 1 aliphatic carbocycles. The van der Waals surface area contributed by atoms with Gasteiger partial charge in [-0.3, -0.25) is 14.2 Å². The maximum Gasteiger partial charge on any atom is 0.261 e. The normalized spacial score (nSPS) is 13.5. The van der Waals surface area contributed by atoms with Crippen LogP contribution in [-0.4, -0.2) is 33.5 Å². The van der Waals surface area contributed by atoms with Crippen molar-refractivity contribution in [2.24, 2.45) is 7.05 Å². The SMILES string of the molecule is COc1ccc(CN(C(=O)c2ccc3c(=O)n(C)c(=S)[nH]c3c2)C2CC2)cc1. The first-order valence-electron chi connectivity index (χ1n) is 9.15. The number of nitrogens with zero attached hydrogens (tertiary/aromatic N) is 2. The molecular formula is C21H21N3O3S. The van der Waals surface area contributed by atoms with Crippen LogP contribution in [0.15, 0.2) is 47.3 Å². The van der Waals surface area contributed by atoms with Gasteiger partial charge in [0.1, 0.15) is 5.75 Å². The fourth-order valence-corrected chi connectivity index (χ4v) is 3.48. The van der Waals surface area contributed by atoms with Gasteiger partial charge in [0.05, 0.1) is 18.0 Å². The van der Waals surface area contributed by atoms with E-state index in [0.717, 1.165) is 24.2 Å². The Labute approximate surface area is 167 Å². The number of nitrogens with one attached hydrogen (secondary N) is 1. The Morgan fingerprint density at radius 2 is 1.96 bits per heavy atom. The van der Waals surface area contributed by atoms with Gasteiger partial charge >= 0.3 is 0 Å². The number of fused-ring (bicyclic) bond motifs is 1. The van der Waals surface area contributed by atoms with Crippen LogP contribution in [-0.2, 0) is 13.6 Å². The second kappa shape index (κ2) is 7.24. The highest BCUT2D eigenvalue weighted by Gasteiger charge is 2.33. The van der Waals surface area contributed by atoms with Gasteiger partial charge in [-0.15, -0.1) is 0 Å². The lowest BCUT2D eigenvalue weighted by molar-refractivity contribution is 0.0730. The van der Waals surface area contributed by atoms with Crippen molar-refractivity contribution in [3.63, 3.8) is 0 Å². The summed E-state index contributed by atoms with van der Waals surface area (Å²) in [6, 6.07) is 13.1. The fourth-order valence-electron chi connectivity index (χ4n) is 3.29. The summed E-state index contributed by atoms with van der Waals surface area (Å²) in [4.78, 5) is 30.5. The molecule has 1 fully saturated rings. The average Bonchev–Trinajstić information content (AvgIpc) is 3.55. The smallest absolute Gasteiger partial charge is 0.261 e. The van der Waals surface area contributed by atoms with Crippen molar-refractivity contribution in [3.8, 4) is 5.75 Å². The summed E-state index contributed by atoms with van der Waals surface area (Å²) in [6.45, 7) is 0.540. The molecule has 7 heteroatoms. The van der Waals surface area contributed by atoms with E-state index in [2.05, 4.69) is 4.98 Å². The third-order valence-corrected chi connectivity index (χ3v) is 5.48. The first-order chi connectivity index (χ1) is 13.5. The van der Waals surface area contributed by atoms with E-state index in [4.69, 9.17) is 17.0 Å². The van der Waals surface area contributed by atoms with E-state index in [1.54, 1.807) is 32.4 Å². The minimum absolute atomic E-state index is 0.0415. The lowest BCUT2D eigenvalue weighted by Gasteiger charge is -2.23. The van der Waals surface area contributed by atoms with Gasteiger partial charge in [-0.2, -0.15) is 0 Å². The Kier molecular flexibility index (Phi) is 4.77. The predicted octanol–water partition coefficient (Wildman–Crippen LogP) is 3.41. The summed E-state index contributed by atoms with van der Waals surface area (Å²) in [5, 5.41) is 0.515. The summed E-state index contributed by atoms with van der Waals surface area (Å²) in [5.74, 6) is 0.750. The van der Waals surface area contributed by atoms with E-state index in [0.29, 0.717) is 27.8 Å². The Morgan fingerprint density at radius 1 is 1.25 bits per heavy atom. The zero-order valence-electron chi connectivity index (χ0n) is 15.8. The number of hydrogen-bond acceptors (Lipinski definition) is 4. The van der Waals surface area contributed by atoms with Gasteiger partial charge in [0, 0.05) is 25.2 Å². The van der Waals surface area contributed by atoms with Crippen LogP contribution in [0.1, 0.15) is 28.8 Å². The van der Waals surface area contributed by atoms with Crippen LogP contribution in [0.4, 0.5) is 0 Å². The number of benzene rings is 2. The van der Waals surface area contributed by atoms with Gasteiger partial charge in [0.2, 0.25) is 0 Å². The number of carbonyl (C=O) groups is 1. The van der Waals surface area contributed by atoms with Crippen molar-refractivity contribution in [1.82, 2.24) is 14.5 Å². The molecule has 1 N–H and O–H groups in total. The number of rotatable bonds is 5. The molecule has 0 bridgehead atoms. The monoisotopic (exact) mass is 395 g/mol. The highest BCUT2D eigenvalue weighted by atomic mass is 32.1. The minimum Gasteiger partial charge on any atom is -0.497 e. The standard InChI is InChI=1S/C21H21N3O3S/c1-23-20(26)17-10-5-14(11-18(17)22-21(23)28)19(25)24(15-6-7-15)12-13-3-8-16(27-2)9-4-13/h3-5,8-11,15H,6-7,12H2,1-2H3,(H,22,28). The quantitative estimate of drug-likeness (QED) is 0.673. The van der Waals surface area contributed by atoms with Gasteiger partial charge in [-0.1, -0.05) is 12.1 Å². The molecule has 0 radical (unpaired) electrons. The molecule has 144 valence electrons. The molecule has 0 atom stereocenters. The molecular weight excluding hydrogens is 374 g/mol. The number of amides is 1. The lowest BCUT2D eigenvalue weighted by Crippen LogP contribution is -2.32. The molecule has 0 spiro atoms. The first kappa shape index (κ1) is 18.4. The molecule has 1 aliphatic rings. The molecule has 4 rings (SSSR count). The molecule has 28 heavy (non-hydrogen) atoms. The summed E-state index contributed by atoms with van der Waals surface area (Å²) in [6.07, 6.45) is 2.02. The highest BCUT2D eigenvalue weighted by Crippen LogP contribution is 2.30. The maximum atomic E-state index is 13.2. The highest BCUT2D eigenvalue weighted by molar-refractivity contribution is 7.71. The number of H-pyrrole nitrogens is 1. The van der Waals surface area contributed by atoms with Crippen LogP contribution in [0.3, 0.4) is 0 Å². The zero-order valence-corrected chi connectivity index (χ0v) is 16.6. The minimum atomic E-state index is -0.171. The first-order valence-corrected chi connectivity index (χ1v) is 9.55. The van der Waals surface area contributed by atoms with Crippen molar-refractivity contribution in [1.29, 1.82) is 0 Å². The number of hydrogen-bond donors (Lipinski definition) is 1. The summed E-state index contributed by atoms with van der Waals surface area (Å²) in [5.41, 5.74) is 2.01. The van der Waals surface area contributed by atoms with Crippen LogP contribution < -0.4 is 10.3 Å². The Bertz CT molecular complexity index is 1160. The second-order valence-electron chi connectivity index (χ2n) is 7.07. The van der Waals surface area contributed by atoms with Crippen molar-refractivity contribution >= 4 is 29.0 Å². The van der Waals surface area contributed by atoms with Gasteiger partial charge in [-0.05, 0) is 61.0 Å². The van der Waals surface area contributed by atoms with Crippen molar-refractivity contribution in [3.05, 3.63) is 68.7 Å². The number of aromatic amines is 1. The molecule has 0 aliphatic heterocycles. The van der Waals surface area contributed by atoms with Crippen molar-refractivity contribution in [2.75, 3.05) is 7.11 Å². The predicted molar refractivity (Wildman–Crippen MR) is 110 cm³/mol. The molecule has 0 saturated heterocycles. The molecule has 1 saturated carbocycles. The van der Waals surface area contributed by atoms with Crippen LogP contribution in [0, 0.1) is 4.77 Å². The topological polar surface area (TPSA) is 67.3 Å². The second-order valence-corrected chi connectivity index (χ2v) is 7.45.